The minimum Gasteiger partial charge on any atom is -0.289 e. The maximum atomic E-state index is 12.1. The Balaban J connectivity index is 2.40. The summed E-state index contributed by atoms with van der Waals surface area (Å²) < 4.78 is 12.1. The molecule has 0 fully saturated rings. The highest BCUT2D eigenvalue weighted by Gasteiger charge is 2.17. The fraction of sp³-hybridized carbons (Fsp3) is 0.235. The van der Waals surface area contributed by atoms with Crippen molar-refractivity contribution in [3.05, 3.63) is 54.1 Å². The Hall–Kier alpha value is -1.98. The van der Waals surface area contributed by atoms with Crippen molar-refractivity contribution in [1.29, 1.82) is 0 Å². The van der Waals surface area contributed by atoms with Crippen molar-refractivity contribution in [2.75, 3.05) is 6.26 Å². The lowest BCUT2D eigenvalue weighted by atomic mass is 9.95. The summed E-state index contributed by atoms with van der Waals surface area (Å²) in [5, 5.41) is 8.64. The first kappa shape index (κ1) is 16.4. The highest BCUT2D eigenvalue weighted by molar-refractivity contribution is 7.84. The van der Waals surface area contributed by atoms with Gasteiger partial charge in [0.05, 0.1) is 10.8 Å². The quantitative estimate of drug-likeness (QED) is 0.658. The Morgan fingerprint density at radius 1 is 1.18 bits per heavy atom. The molecule has 1 amide bonds. The minimum absolute atomic E-state index is 0.129. The van der Waals surface area contributed by atoms with Gasteiger partial charge < -0.3 is 0 Å². The zero-order valence-corrected chi connectivity index (χ0v) is 13.4. The van der Waals surface area contributed by atoms with Crippen LogP contribution < -0.4 is 5.48 Å². The van der Waals surface area contributed by atoms with E-state index in [1.54, 1.807) is 11.7 Å². The Labute approximate surface area is 132 Å². The molecule has 0 saturated carbocycles. The van der Waals surface area contributed by atoms with E-state index >= 15 is 0 Å². The van der Waals surface area contributed by atoms with Crippen molar-refractivity contribution >= 4 is 16.7 Å². The first-order valence-electron chi connectivity index (χ1n) is 6.98. The molecular weight excluding hydrogens is 298 g/mol. The molecule has 2 unspecified atom stereocenters. The molecule has 2 aromatic carbocycles. The van der Waals surface area contributed by atoms with Crippen molar-refractivity contribution in [2.45, 2.75) is 24.2 Å². The standard InChI is InChI=1S/C17H19NO3S/c1-12(10-17(19)18-20)15-9-8-14(11-16(15)22(2)21)13-6-4-3-5-7-13/h3-9,11-12,20H,10H2,1-2H3,(H,18,19). The van der Waals surface area contributed by atoms with Gasteiger partial charge in [-0.3, -0.25) is 14.2 Å². The highest BCUT2D eigenvalue weighted by atomic mass is 32.2. The van der Waals surface area contributed by atoms with Gasteiger partial charge in [0, 0.05) is 17.6 Å². The van der Waals surface area contributed by atoms with E-state index in [0.717, 1.165) is 21.6 Å². The summed E-state index contributed by atoms with van der Waals surface area (Å²) in [6, 6.07) is 15.7. The monoisotopic (exact) mass is 317 g/mol. The fourth-order valence-corrected chi connectivity index (χ4v) is 3.33. The van der Waals surface area contributed by atoms with E-state index in [9.17, 15) is 9.00 Å². The number of carbonyl (C=O) groups excluding carboxylic acids is 1. The average molecular weight is 317 g/mol. The van der Waals surface area contributed by atoms with E-state index in [-0.39, 0.29) is 12.3 Å². The molecule has 2 rings (SSSR count). The zero-order valence-electron chi connectivity index (χ0n) is 12.6. The van der Waals surface area contributed by atoms with Crippen LogP contribution in [-0.2, 0) is 15.6 Å². The van der Waals surface area contributed by atoms with Crippen molar-refractivity contribution < 1.29 is 14.2 Å². The number of hydroxylamine groups is 1. The van der Waals surface area contributed by atoms with Gasteiger partial charge in [-0.25, -0.2) is 5.48 Å². The summed E-state index contributed by atoms with van der Waals surface area (Å²) >= 11 is 0. The number of rotatable bonds is 5. The second kappa shape index (κ2) is 7.33. The lowest BCUT2D eigenvalue weighted by Crippen LogP contribution is -2.20. The van der Waals surface area contributed by atoms with Gasteiger partial charge in [-0.2, -0.15) is 0 Å². The van der Waals surface area contributed by atoms with E-state index in [4.69, 9.17) is 5.21 Å². The number of hydrogen-bond acceptors (Lipinski definition) is 3. The molecule has 116 valence electrons. The maximum Gasteiger partial charge on any atom is 0.243 e. The second-order valence-corrected chi connectivity index (χ2v) is 6.56. The molecular formula is C17H19NO3S. The van der Waals surface area contributed by atoms with Gasteiger partial charge in [0.2, 0.25) is 5.91 Å². The summed E-state index contributed by atoms with van der Waals surface area (Å²) in [4.78, 5) is 12.0. The van der Waals surface area contributed by atoms with Gasteiger partial charge in [-0.15, -0.1) is 0 Å². The fourth-order valence-electron chi connectivity index (χ4n) is 2.43. The van der Waals surface area contributed by atoms with Gasteiger partial charge in [0.15, 0.2) is 0 Å². The molecule has 0 aliphatic rings. The molecule has 0 radical (unpaired) electrons. The summed E-state index contributed by atoms with van der Waals surface area (Å²) in [5.74, 6) is -0.580. The van der Waals surface area contributed by atoms with Crippen LogP contribution in [-0.4, -0.2) is 21.6 Å². The largest absolute Gasteiger partial charge is 0.289 e. The van der Waals surface area contributed by atoms with E-state index in [1.807, 2.05) is 55.5 Å². The van der Waals surface area contributed by atoms with Gasteiger partial charge in [0.1, 0.15) is 0 Å². The van der Waals surface area contributed by atoms with Crippen molar-refractivity contribution in [3.8, 4) is 11.1 Å². The van der Waals surface area contributed by atoms with Crippen LogP contribution in [0.4, 0.5) is 0 Å². The number of nitrogens with one attached hydrogen (secondary N) is 1. The first-order chi connectivity index (χ1) is 10.5. The number of benzene rings is 2. The van der Waals surface area contributed by atoms with Gasteiger partial charge >= 0.3 is 0 Å². The van der Waals surface area contributed by atoms with Gasteiger partial charge in [0.25, 0.3) is 0 Å². The molecule has 0 saturated heterocycles. The maximum absolute atomic E-state index is 12.1. The first-order valence-corrected chi connectivity index (χ1v) is 8.54. The SMILES string of the molecule is CC(CC(=O)NO)c1ccc(-c2ccccc2)cc1S(C)=O. The van der Waals surface area contributed by atoms with Crippen LogP contribution in [0.25, 0.3) is 11.1 Å². The molecule has 4 nitrogen and oxygen atoms in total. The Morgan fingerprint density at radius 3 is 2.45 bits per heavy atom. The average Bonchev–Trinajstić information content (AvgIpc) is 2.54. The van der Waals surface area contributed by atoms with Crippen LogP contribution in [0.15, 0.2) is 53.4 Å². The molecule has 2 N–H and O–H groups in total. The molecule has 2 aromatic rings. The second-order valence-electron chi connectivity index (χ2n) is 5.21. The van der Waals surface area contributed by atoms with E-state index < -0.39 is 16.7 Å². The summed E-state index contributed by atoms with van der Waals surface area (Å²) in [5.41, 5.74) is 4.55. The predicted molar refractivity (Wildman–Crippen MR) is 87.2 cm³/mol. The number of carbonyl (C=O) groups is 1. The lowest BCUT2D eigenvalue weighted by Gasteiger charge is -2.16. The topological polar surface area (TPSA) is 66.4 Å². The van der Waals surface area contributed by atoms with Gasteiger partial charge in [-0.05, 0) is 28.7 Å². The smallest absolute Gasteiger partial charge is 0.243 e. The summed E-state index contributed by atoms with van der Waals surface area (Å²) in [7, 11) is -1.16. The van der Waals surface area contributed by atoms with E-state index in [0.29, 0.717) is 0 Å². The van der Waals surface area contributed by atoms with Crippen molar-refractivity contribution in [3.63, 3.8) is 0 Å². The van der Waals surface area contributed by atoms with Crippen LogP contribution >= 0.6 is 0 Å². The highest BCUT2D eigenvalue weighted by Crippen LogP contribution is 2.30. The van der Waals surface area contributed by atoms with E-state index in [1.165, 1.54) is 0 Å². The molecule has 5 heteroatoms. The van der Waals surface area contributed by atoms with Gasteiger partial charge in [-0.1, -0.05) is 49.4 Å². The molecule has 0 heterocycles. The Bertz CT molecular complexity index is 686. The lowest BCUT2D eigenvalue weighted by molar-refractivity contribution is -0.129. The minimum atomic E-state index is -1.16. The van der Waals surface area contributed by atoms with Crippen LogP contribution in [0.3, 0.4) is 0 Å². The predicted octanol–water partition coefficient (Wildman–Crippen LogP) is 3.09. The van der Waals surface area contributed by atoms with Crippen LogP contribution in [0.5, 0.6) is 0 Å². The van der Waals surface area contributed by atoms with Crippen LogP contribution in [0, 0.1) is 0 Å². The molecule has 22 heavy (non-hydrogen) atoms. The Morgan fingerprint density at radius 2 is 1.86 bits per heavy atom. The zero-order chi connectivity index (χ0) is 16.1. The molecule has 0 aromatic heterocycles. The molecule has 0 bridgehead atoms. The summed E-state index contributed by atoms with van der Waals surface area (Å²) in [6.07, 6.45) is 1.78. The normalized spacial score (nSPS) is 13.4. The number of amides is 1. The van der Waals surface area contributed by atoms with E-state index in [2.05, 4.69) is 0 Å². The third-order valence-electron chi connectivity index (χ3n) is 3.58. The third kappa shape index (κ3) is 3.81. The third-order valence-corrected chi connectivity index (χ3v) is 4.55. The molecule has 0 aliphatic heterocycles. The molecule has 2 atom stereocenters. The molecule has 0 aliphatic carbocycles. The number of hydrogen-bond donors (Lipinski definition) is 2. The van der Waals surface area contributed by atoms with Crippen molar-refractivity contribution in [1.82, 2.24) is 5.48 Å². The van der Waals surface area contributed by atoms with Crippen LogP contribution in [0.1, 0.15) is 24.8 Å². The Kier molecular flexibility index (Phi) is 5.46. The van der Waals surface area contributed by atoms with Crippen LogP contribution in [0.2, 0.25) is 0 Å². The molecule has 0 spiro atoms. The summed E-state index contributed by atoms with van der Waals surface area (Å²) in [6.45, 7) is 1.88. The van der Waals surface area contributed by atoms with Crippen molar-refractivity contribution in [2.24, 2.45) is 0 Å².